The van der Waals surface area contributed by atoms with Gasteiger partial charge in [-0.2, -0.15) is 0 Å². The molecule has 3 fully saturated rings. The first-order chi connectivity index (χ1) is 10.5. The Morgan fingerprint density at radius 1 is 1.36 bits per heavy atom. The van der Waals surface area contributed by atoms with E-state index in [1.165, 1.54) is 37.9 Å². The summed E-state index contributed by atoms with van der Waals surface area (Å²) in [4.78, 5) is 14.3. The van der Waals surface area contributed by atoms with Crippen molar-refractivity contribution >= 4 is 5.91 Å². The first-order valence-corrected chi connectivity index (χ1v) is 8.96. The zero-order valence-electron chi connectivity index (χ0n) is 13.7. The SMILES string of the molecule is CC(=O)N[C@H]1C[C@H]2[C@@H](O)[C@@H](C)C=C3N4CCC[C@H]1[C@@]32CCC4. The first-order valence-electron chi connectivity index (χ1n) is 8.96. The van der Waals surface area contributed by atoms with Crippen molar-refractivity contribution in [1.29, 1.82) is 0 Å². The number of aliphatic hydroxyl groups is 1. The van der Waals surface area contributed by atoms with Crippen LogP contribution in [0.15, 0.2) is 11.8 Å². The van der Waals surface area contributed by atoms with Gasteiger partial charge in [0.1, 0.15) is 0 Å². The third-order valence-electron chi connectivity index (χ3n) is 6.86. The Labute approximate surface area is 132 Å². The molecule has 2 aliphatic carbocycles. The van der Waals surface area contributed by atoms with Crippen LogP contribution in [-0.4, -0.2) is 41.1 Å². The maximum Gasteiger partial charge on any atom is 0.217 e. The predicted octanol–water partition coefficient (Wildman–Crippen LogP) is 1.90. The standard InChI is InChI=1S/C18H28N2O2/c1-11-9-16-18-6-4-8-20(16)7-3-5-13(18)15(19-12(2)21)10-14(18)17(11)22/h9,11,13-15,17,22H,3-8,10H2,1-2H3,(H,19,21)/t11-,13+,14-,15-,17-,18+/m0/s1. The highest BCUT2D eigenvalue weighted by atomic mass is 16.3. The molecule has 122 valence electrons. The zero-order valence-corrected chi connectivity index (χ0v) is 13.7. The Morgan fingerprint density at radius 2 is 2.14 bits per heavy atom. The van der Waals surface area contributed by atoms with Crippen LogP contribution < -0.4 is 5.32 Å². The zero-order chi connectivity index (χ0) is 15.5. The summed E-state index contributed by atoms with van der Waals surface area (Å²) >= 11 is 0. The number of nitrogens with one attached hydrogen (secondary N) is 1. The topological polar surface area (TPSA) is 52.6 Å². The first kappa shape index (κ1) is 14.6. The Balaban J connectivity index is 1.82. The number of carbonyl (C=O) groups is 1. The number of nitrogens with zero attached hydrogens (tertiary/aromatic N) is 1. The molecule has 1 spiro atoms. The monoisotopic (exact) mass is 304 g/mol. The van der Waals surface area contributed by atoms with Crippen LogP contribution in [0.1, 0.15) is 46.0 Å². The van der Waals surface area contributed by atoms with Crippen molar-refractivity contribution in [1.82, 2.24) is 10.2 Å². The van der Waals surface area contributed by atoms with E-state index < -0.39 is 0 Å². The van der Waals surface area contributed by atoms with Gasteiger partial charge in [0.25, 0.3) is 0 Å². The smallest absolute Gasteiger partial charge is 0.217 e. The van der Waals surface area contributed by atoms with Crippen molar-refractivity contribution < 1.29 is 9.90 Å². The average molecular weight is 304 g/mol. The van der Waals surface area contributed by atoms with Crippen molar-refractivity contribution in [3.63, 3.8) is 0 Å². The third-order valence-corrected chi connectivity index (χ3v) is 6.86. The molecule has 4 nitrogen and oxygen atoms in total. The molecular weight excluding hydrogens is 276 g/mol. The molecular formula is C18H28N2O2. The van der Waals surface area contributed by atoms with Gasteiger partial charge in [0.2, 0.25) is 5.91 Å². The predicted molar refractivity (Wildman–Crippen MR) is 84.9 cm³/mol. The van der Waals surface area contributed by atoms with Gasteiger partial charge in [0.15, 0.2) is 0 Å². The molecule has 4 rings (SSSR count). The second-order valence-corrected chi connectivity index (χ2v) is 7.93. The number of aliphatic hydroxyl groups excluding tert-OH is 1. The van der Waals surface area contributed by atoms with Gasteiger partial charge in [0.05, 0.1) is 6.10 Å². The number of piperidine rings is 1. The van der Waals surface area contributed by atoms with Gasteiger partial charge in [-0.1, -0.05) is 13.0 Å². The molecule has 2 saturated heterocycles. The summed E-state index contributed by atoms with van der Waals surface area (Å²) in [7, 11) is 0. The molecule has 6 atom stereocenters. The van der Waals surface area contributed by atoms with E-state index in [2.05, 4.69) is 23.2 Å². The number of hydrogen-bond donors (Lipinski definition) is 2. The van der Waals surface area contributed by atoms with Gasteiger partial charge < -0.3 is 15.3 Å². The van der Waals surface area contributed by atoms with Crippen LogP contribution in [0.3, 0.4) is 0 Å². The van der Waals surface area contributed by atoms with Crippen molar-refractivity contribution in [2.75, 3.05) is 13.1 Å². The fourth-order valence-electron chi connectivity index (χ4n) is 6.17. The number of amides is 1. The van der Waals surface area contributed by atoms with Gasteiger partial charge in [-0.3, -0.25) is 4.79 Å². The Hall–Kier alpha value is -1.03. The molecule has 0 aromatic rings. The van der Waals surface area contributed by atoms with E-state index in [-0.39, 0.29) is 29.4 Å². The lowest BCUT2D eigenvalue weighted by atomic mass is 9.58. The molecule has 2 heterocycles. The summed E-state index contributed by atoms with van der Waals surface area (Å²) in [6, 6.07) is 0.240. The van der Waals surface area contributed by atoms with E-state index in [1.54, 1.807) is 6.92 Å². The van der Waals surface area contributed by atoms with E-state index in [4.69, 9.17) is 0 Å². The molecule has 1 amide bonds. The van der Waals surface area contributed by atoms with Gasteiger partial charge >= 0.3 is 0 Å². The van der Waals surface area contributed by atoms with E-state index in [0.717, 1.165) is 13.0 Å². The quantitative estimate of drug-likeness (QED) is 0.778. The summed E-state index contributed by atoms with van der Waals surface area (Å²) in [5.74, 6) is 1.11. The summed E-state index contributed by atoms with van der Waals surface area (Å²) in [6.07, 6.45) is 7.83. The number of allylic oxidation sites excluding steroid dienone is 1. The van der Waals surface area contributed by atoms with Crippen LogP contribution in [-0.2, 0) is 4.79 Å². The van der Waals surface area contributed by atoms with E-state index >= 15 is 0 Å². The lowest BCUT2D eigenvalue weighted by molar-refractivity contribution is -0.120. The van der Waals surface area contributed by atoms with Gasteiger partial charge in [-0.25, -0.2) is 0 Å². The van der Waals surface area contributed by atoms with Gasteiger partial charge in [-0.15, -0.1) is 0 Å². The van der Waals surface area contributed by atoms with E-state index in [0.29, 0.717) is 11.8 Å². The van der Waals surface area contributed by atoms with Crippen LogP contribution in [0.4, 0.5) is 0 Å². The summed E-state index contributed by atoms with van der Waals surface area (Å²) < 4.78 is 0. The second-order valence-electron chi connectivity index (χ2n) is 7.93. The molecule has 2 aliphatic heterocycles. The number of rotatable bonds is 1. The highest BCUT2D eigenvalue weighted by Gasteiger charge is 2.63. The van der Waals surface area contributed by atoms with E-state index in [1.807, 2.05) is 0 Å². The molecule has 1 saturated carbocycles. The molecule has 0 aromatic carbocycles. The molecule has 4 heteroatoms. The lowest BCUT2D eigenvalue weighted by Gasteiger charge is -2.53. The third kappa shape index (κ3) is 1.82. The van der Waals surface area contributed by atoms with Crippen LogP contribution in [0.5, 0.6) is 0 Å². The van der Waals surface area contributed by atoms with Crippen molar-refractivity contribution in [2.45, 2.75) is 58.1 Å². The molecule has 4 aliphatic rings. The van der Waals surface area contributed by atoms with Crippen LogP contribution in [0, 0.1) is 23.2 Å². The number of hydrogen-bond acceptors (Lipinski definition) is 3. The van der Waals surface area contributed by atoms with Crippen molar-refractivity contribution in [2.24, 2.45) is 23.2 Å². The maximum absolute atomic E-state index is 11.7. The summed E-state index contributed by atoms with van der Waals surface area (Å²) in [6.45, 7) is 6.08. The lowest BCUT2D eigenvalue weighted by Crippen LogP contribution is -2.52. The fraction of sp³-hybridized carbons (Fsp3) is 0.833. The summed E-state index contributed by atoms with van der Waals surface area (Å²) in [5.41, 5.74) is 1.63. The highest BCUT2D eigenvalue weighted by Crippen LogP contribution is 2.64. The Kier molecular flexibility index (Phi) is 3.30. The minimum atomic E-state index is -0.261. The van der Waals surface area contributed by atoms with Crippen LogP contribution >= 0.6 is 0 Å². The molecule has 2 bridgehead atoms. The normalized spacial score (nSPS) is 46.6. The largest absolute Gasteiger partial charge is 0.392 e. The highest BCUT2D eigenvalue weighted by molar-refractivity contribution is 5.73. The Morgan fingerprint density at radius 3 is 2.91 bits per heavy atom. The number of carbonyl (C=O) groups excluding carboxylic acids is 1. The van der Waals surface area contributed by atoms with Gasteiger partial charge in [-0.05, 0) is 43.9 Å². The molecule has 0 aromatic heterocycles. The van der Waals surface area contributed by atoms with Crippen molar-refractivity contribution in [3.05, 3.63) is 11.8 Å². The second kappa shape index (κ2) is 4.98. The van der Waals surface area contributed by atoms with E-state index in [9.17, 15) is 9.90 Å². The molecule has 0 unspecified atom stereocenters. The molecule has 0 radical (unpaired) electrons. The fourth-order valence-corrected chi connectivity index (χ4v) is 6.17. The minimum Gasteiger partial charge on any atom is -0.392 e. The van der Waals surface area contributed by atoms with Crippen molar-refractivity contribution in [3.8, 4) is 0 Å². The Bertz CT molecular complexity index is 517. The molecule has 2 N–H and O–H groups in total. The minimum absolute atomic E-state index is 0.0741. The summed E-state index contributed by atoms with van der Waals surface area (Å²) in [5, 5.41) is 14.1. The van der Waals surface area contributed by atoms with Gasteiger partial charge in [0, 0.05) is 43.1 Å². The maximum atomic E-state index is 11.7. The average Bonchev–Trinajstić information content (AvgIpc) is 2.71. The van der Waals surface area contributed by atoms with Crippen LogP contribution in [0.2, 0.25) is 0 Å². The van der Waals surface area contributed by atoms with Crippen LogP contribution in [0.25, 0.3) is 0 Å². The molecule has 22 heavy (non-hydrogen) atoms.